The Morgan fingerprint density at radius 1 is 1.45 bits per heavy atom. The minimum atomic E-state index is -0.277. The predicted molar refractivity (Wildman–Crippen MR) is 83.2 cm³/mol. The van der Waals surface area contributed by atoms with Gasteiger partial charge in [0.15, 0.2) is 0 Å². The smallest absolute Gasteiger partial charge is 0.323 e. The SMILES string of the molecule is CC1CN(C(=O)Nc2ccc(Cl)cn2)CC2(CCOCC2)O1. The molecule has 1 spiro atoms. The first-order valence-electron chi connectivity index (χ1n) is 7.49. The summed E-state index contributed by atoms with van der Waals surface area (Å²) in [6.07, 6.45) is 3.16. The van der Waals surface area contributed by atoms with Gasteiger partial charge in [-0.1, -0.05) is 11.6 Å². The van der Waals surface area contributed by atoms with Crippen LogP contribution >= 0.6 is 11.6 Å². The second-order valence-corrected chi connectivity index (χ2v) is 6.33. The highest BCUT2D eigenvalue weighted by molar-refractivity contribution is 6.30. The lowest BCUT2D eigenvalue weighted by Gasteiger charge is -2.47. The second-order valence-electron chi connectivity index (χ2n) is 5.90. The van der Waals surface area contributed by atoms with Crippen LogP contribution in [0.3, 0.4) is 0 Å². The average molecular weight is 326 g/mol. The maximum atomic E-state index is 12.5. The zero-order valence-electron chi connectivity index (χ0n) is 12.5. The molecule has 120 valence electrons. The highest BCUT2D eigenvalue weighted by Gasteiger charge is 2.42. The van der Waals surface area contributed by atoms with Crippen LogP contribution < -0.4 is 5.32 Å². The highest BCUT2D eigenvalue weighted by atomic mass is 35.5. The number of nitrogens with zero attached hydrogens (tertiary/aromatic N) is 2. The molecule has 2 fully saturated rings. The Morgan fingerprint density at radius 3 is 2.91 bits per heavy atom. The molecule has 1 aromatic rings. The molecule has 2 aliphatic rings. The molecule has 22 heavy (non-hydrogen) atoms. The minimum absolute atomic E-state index is 0.00998. The first-order valence-corrected chi connectivity index (χ1v) is 7.87. The summed E-state index contributed by atoms with van der Waals surface area (Å²) >= 11 is 5.80. The topological polar surface area (TPSA) is 63.7 Å². The molecule has 7 heteroatoms. The third kappa shape index (κ3) is 3.51. The number of hydrogen-bond acceptors (Lipinski definition) is 4. The molecule has 2 aliphatic heterocycles. The molecule has 0 aliphatic carbocycles. The lowest BCUT2D eigenvalue weighted by molar-refractivity contribution is -0.174. The summed E-state index contributed by atoms with van der Waals surface area (Å²) in [5.74, 6) is 0.495. The predicted octanol–water partition coefficient (Wildman–Crippen LogP) is 2.54. The number of nitrogens with one attached hydrogen (secondary N) is 1. The van der Waals surface area contributed by atoms with E-state index in [1.807, 2.05) is 6.92 Å². The number of urea groups is 1. The summed E-state index contributed by atoms with van der Waals surface area (Å²) in [5, 5.41) is 3.35. The van der Waals surface area contributed by atoms with Gasteiger partial charge in [-0.3, -0.25) is 5.32 Å². The largest absolute Gasteiger partial charge is 0.381 e. The van der Waals surface area contributed by atoms with Crippen LogP contribution in [-0.4, -0.2) is 53.9 Å². The standard InChI is InChI=1S/C15H20ClN3O3/c1-11-9-19(10-15(22-11)4-6-21-7-5-15)14(20)18-13-3-2-12(16)8-17-13/h2-3,8,11H,4-7,9-10H2,1H3,(H,17,18,20). The van der Waals surface area contributed by atoms with Gasteiger partial charge in [-0.2, -0.15) is 0 Å². The van der Waals surface area contributed by atoms with Gasteiger partial charge in [0.05, 0.1) is 23.3 Å². The van der Waals surface area contributed by atoms with Gasteiger partial charge in [0, 0.05) is 38.8 Å². The van der Waals surface area contributed by atoms with Crippen LogP contribution in [0.2, 0.25) is 5.02 Å². The van der Waals surface area contributed by atoms with E-state index in [2.05, 4.69) is 10.3 Å². The van der Waals surface area contributed by atoms with E-state index in [0.717, 1.165) is 12.8 Å². The number of hydrogen-bond donors (Lipinski definition) is 1. The third-order valence-corrected chi connectivity index (χ3v) is 4.28. The van der Waals surface area contributed by atoms with Crippen molar-refractivity contribution in [2.75, 3.05) is 31.6 Å². The Morgan fingerprint density at radius 2 is 2.23 bits per heavy atom. The Hall–Kier alpha value is -1.37. The number of morpholine rings is 1. The molecule has 3 heterocycles. The number of aromatic nitrogens is 1. The Kier molecular flexibility index (Phi) is 4.52. The summed E-state index contributed by atoms with van der Waals surface area (Å²) in [6, 6.07) is 3.23. The normalized spacial score (nSPS) is 24.3. The van der Waals surface area contributed by atoms with Crippen LogP contribution in [0.25, 0.3) is 0 Å². The highest BCUT2D eigenvalue weighted by Crippen LogP contribution is 2.31. The molecule has 1 atom stereocenters. The summed E-state index contributed by atoms with van der Waals surface area (Å²) in [5.41, 5.74) is -0.277. The number of halogens is 1. The van der Waals surface area contributed by atoms with E-state index in [9.17, 15) is 4.79 Å². The van der Waals surface area contributed by atoms with Crippen LogP contribution in [0.1, 0.15) is 19.8 Å². The van der Waals surface area contributed by atoms with Gasteiger partial charge in [-0.15, -0.1) is 0 Å². The van der Waals surface area contributed by atoms with E-state index < -0.39 is 0 Å². The van der Waals surface area contributed by atoms with Gasteiger partial charge in [0.1, 0.15) is 5.82 Å². The number of anilines is 1. The van der Waals surface area contributed by atoms with Crippen molar-refractivity contribution in [1.29, 1.82) is 0 Å². The lowest BCUT2D eigenvalue weighted by atomic mass is 9.91. The van der Waals surface area contributed by atoms with E-state index in [1.54, 1.807) is 17.0 Å². The maximum absolute atomic E-state index is 12.5. The zero-order valence-corrected chi connectivity index (χ0v) is 13.3. The van der Waals surface area contributed by atoms with E-state index in [0.29, 0.717) is 37.1 Å². The molecule has 6 nitrogen and oxygen atoms in total. The van der Waals surface area contributed by atoms with Crippen LogP contribution in [0, 0.1) is 0 Å². The third-order valence-electron chi connectivity index (χ3n) is 4.06. The van der Waals surface area contributed by atoms with Crippen molar-refractivity contribution in [2.45, 2.75) is 31.5 Å². The van der Waals surface area contributed by atoms with Crippen molar-refractivity contribution in [3.63, 3.8) is 0 Å². The molecule has 0 saturated carbocycles. The van der Waals surface area contributed by atoms with Gasteiger partial charge in [-0.05, 0) is 19.1 Å². The molecular formula is C15H20ClN3O3. The van der Waals surface area contributed by atoms with Crippen molar-refractivity contribution in [1.82, 2.24) is 9.88 Å². The van der Waals surface area contributed by atoms with Gasteiger partial charge >= 0.3 is 6.03 Å². The summed E-state index contributed by atoms with van der Waals surface area (Å²) in [4.78, 5) is 18.4. The zero-order chi connectivity index (χ0) is 15.6. The number of carbonyl (C=O) groups excluding carboxylic acids is 1. The quantitative estimate of drug-likeness (QED) is 0.862. The first kappa shape index (κ1) is 15.5. The van der Waals surface area contributed by atoms with Crippen molar-refractivity contribution >= 4 is 23.4 Å². The monoisotopic (exact) mass is 325 g/mol. The average Bonchev–Trinajstić information content (AvgIpc) is 2.49. The fourth-order valence-corrected chi connectivity index (χ4v) is 3.15. The molecule has 0 aromatic carbocycles. The summed E-state index contributed by atoms with van der Waals surface area (Å²) in [7, 11) is 0. The Labute approximate surface area is 134 Å². The number of ether oxygens (including phenoxy) is 2. The van der Waals surface area contributed by atoms with E-state index in [4.69, 9.17) is 21.1 Å². The number of rotatable bonds is 1. The fraction of sp³-hybridized carbons (Fsp3) is 0.600. The van der Waals surface area contributed by atoms with Crippen molar-refractivity contribution in [3.05, 3.63) is 23.4 Å². The molecule has 1 aromatic heterocycles. The van der Waals surface area contributed by atoms with Crippen LogP contribution in [0.5, 0.6) is 0 Å². The van der Waals surface area contributed by atoms with Crippen LogP contribution in [0.4, 0.5) is 10.6 Å². The molecule has 2 amide bonds. The summed E-state index contributed by atoms with van der Waals surface area (Å²) in [6.45, 7) is 4.52. The molecule has 0 radical (unpaired) electrons. The first-order chi connectivity index (χ1) is 10.6. The maximum Gasteiger partial charge on any atom is 0.323 e. The molecule has 3 rings (SSSR count). The fourth-order valence-electron chi connectivity index (χ4n) is 3.04. The van der Waals surface area contributed by atoms with E-state index in [-0.39, 0.29) is 17.7 Å². The van der Waals surface area contributed by atoms with Crippen molar-refractivity contribution < 1.29 is 14.3 Å². The number of carbonyl (C=O) groups is 1. The number of pyridine rings is 1. The van der Waals surface area contributed by atoms with Crippen LogP contribution in [-0.2, 0) is 9.47 Å². The minimum Gasteiger partial charge on any atom is -0.381 e. The summed E-state index contributed by atoms with van der Waals surface area (Å²) < 4.78 is 11.5. The van der Waals surface area contributed by atoms with Crippen LogP contribution in [0.15, 0.2) is 18.3 Å². The van der Waals surface area contributed by atoms with Gasteiger partial charge in [0.2, 0.25) is 0 Å². The molecule has 2 saturated heterocycles. The Balaban J connectivity index is 1.67. The molecule has 1 unspecified atom stereocenters. The van der Waals surface area contributed by atoms with Gasteiger partial charge < -0.3 is 14.4 Å². The number of amides is 2. The Bertz CT molecular complexity index is 531. The second kappa shape index (κ2) is 6.40. The van der Waals surface area contributed by atoms with E-state index >= 15 is 0 Å². The molecule has 1 N–H and O–H groups in total. The van der Waals surface area contributed by atoms with Crippen molar-refractivity contribution in [2.24, 2.45) is 0 Å². The molecular weight excluding hydrogens is 306 g/mol. The van der Waals surface area contributed by atoms with Gasteiger partial charge in [0.25, 0.3) is 0 Å². The lowest BCUT2D eigenvalue weighted by Crippen LogP contribution is -2.59. The van der Waals surface area contributed by atoms with Gasteiger partial charge in [-0.25, -0.2) is 9.78 Å². The van der Waals surface area contributed by atoms with E-state index in [1.165, 1.54) is 6.20 Å². The molecule has 0 bridgehead atoms. The van der Waals surface area contributed by atoms with Crippen molar-refractivity contribution in [3.8, 4) is 0 Å².